The van der Waals surface area contributed by atoms with Crippen molar-refractivity contribution in [2.75, 3.05) is 7.11 Å². The number of carbonyl (C=O) groups excluding carboxylic acids is 1. The molecule has 0 aliphatic heterocycles. The van der Waals surface area contributed by atoms with Crippen molar-refractivity contribution in [3.63, 3.8) is 0 Å². The normalized spacial score (nSPS) is 10.6. The van der Waals surface area contributed by atoms with Crippen molar-refractivity contribution in [1.82, 2.24) is 15.3 Å². The summed E-state index contributed by atoms with van der Waals surface area (Å²) < 4.78 is 19.0. The number of aryl methyl sites for hydroxylation is 1. The monoisotopic (exact) mass is 417 g/mol. The molecule has 0 saturated carbocycles. The number of aromatic hydroxyl groups is 1. The van der Waals surface area contributed by atoms with Gasteiger partial charge >= 0.3 is 12.1 Å². The van der Waals surface area contributed by atoms with Crippen molar-refractivity contribution in [3.8, 4) is 27.6 Å². The van der Waals surface area contributed by atoms with E-state index >= 15 is 0 Å². The summed E-state index contributed by atoms with van der Waals surface area (Å²) in [6.45, 7) is 1.98. The van der Waals surface area contributed by atoms with Gasteiger partial charge in [0, 0.05) is 5.56 Å². The lowest BCUT2D eigenvalue weighted by Crippen LogP contribution is -2.22. The fourth-order valence-electron chi connectivity index (χ4n) is 2.63. The Hall–Kier alpha value is -3.53. The minimum atomic E-state index is -1.43. The van der Waals surface area contributed by atoms with E-state index in [9.17, 15) is 19.1 Å². The fourth-order valence-corrected chi connectivity index (χ4v) is 3.60. The Balaban J connectivity index is 1.95. The summed E-state index contributed by atoms with van der Waals surface area (Å²) in [5, 5.41) is 22.1. The number of halogens is 1. The predicted octanol–water partition coefficient (Wildman–Crippen LogP) is 3.58. The van der Waals surface area contributed by atoms with Crippen LogP contribution >= 0.6 is 11.3 Å². The van der Waals surface area contributed by atoms with Crippen molar-refractivity contribution in [1.29, 1.82) is 0 Å². The minimum absolute atomic E-state index is 0.0240. The Bertz CT molecular complexity index is 1100. The van der Waals surface area contributed by atoms with E-state index in [1.165, 1.54) is 18.4 Å². The number of thiazole rings is 1. The average molecular weight is 417 g/mol. The number of hydrogen-bond acceptors (Lipinski definition) is 7. The van der Waals surface area contributed by atoms with Crippen LogP contribution in [0.25, 0.3) is 21.8 Å². The fraction of sp³-hybridized carbons (Fsp3) is 0.158. The Morgan fingerprint density at radius 3 is 2.66 bits per heavy atom. The number of nitrogens with one attached hydrogen (secondary N) is 1. The van der Waals surface area contributed by atoms with Crippen LogP contribution in [0.1, 0.15) is 21.1 Å². The Kier molecular flexibility index (Phi) is 5.74. The number of aromatic carboxylic acids is 1. The molecule has 0 bridgehead atoms. The SMILES string of the molecule is COC(=O)NCc1nc(C)c(-c2cccc(-c3cc(O)c(C(=O)O)cc3F)n2)s1. The van der Waals surface area contributed by atoms with Gasteiger partial charge in [0.25, 0.3) is 0 Å². The van der Waals surface area contributed by atoms with Gasteiger partial charge in [-0.05, 0) is 31.2 Å². The van der Waals surface area contributed by atoms with Gasteiger partial charge in [0.1, 0.15) is 22.1 Å². The number of ether oxygens (including phenoxy) is 1. The molecule has 29 heavy (non-hydrogen) atoms. The summed E-state index contributed by atoms with van der Waals surface area (Å²) in [7, 11) is 1.27. The summed E-state index contributed by atoms with van der Waals surface area (Å²) in [5.74, 6) is -2.79. The van der Waals surface area contributed by atoms with E-state index in [1.807, 2.05) is 0 Å². The van der Waals surface area contributed by atoms with Gasteiger partial charge in [-0.15, -0.1) is 11.3 Å². The highest BCUT2D eigenvalue weighted by Gasteiger charge is 2.18. The van der Waals surface area contributed by atoms with Crippen molar-refractivity contribution >= 4 is 23.4 Å². The molecule has 1 aromatic carbocycles. The number of phenols is 1. The van der Waals surface area contributed by atoms with Crippen LogP contribution in [0.5, 0.6) is 5.75 Å². The molecule has 8 nitrogen and oxygen atoms in total. The molecule has 3 rings (SSSR count). The largest absolute Gasteiger partial charge is 0.507 e. The van der Waals surface area contributed by atoms with Crippen LogP contribution in [0.4, 0.5) is 9.18 Å². The summed E-state index contributed by atoms with van der Waals surface area (Å²) in [5.41, 5.74) is 0.899. The molecule has 0 saturated heterocycles. The number of amides is 1. The highest BCUT2D eigenvalue weighted by Crippen LogP contribution is 2.33. The molecular formula is C19H16FN3O5S. The third kappa shape index (κ3) is 4.32. The number of benzene rings is 1. The molecule has 0 aliphatic rings. The van der Waals surface area contributed by atoms with E-state index in [4.69, 9.17) is 5.11 Å². The van der Waals surface area contributed by atoms with E-state index < -0.39 is 29.2 Å². The number of carbonyl (C=O) groups is 2. The summed E-state index contributed by atoms with van der Waals surface area (Å²) in [6, 6.07) is 6.75. The van der Waals surface area contributed by atoms with Gasteiger partial charge in [-0.25, -0.2) is 23.9 Å². The average Bonchev–Trinajstić information content (AvgIpc) is 3.08. The van der Waals surface area contributed by atoms with E-state index in [0.717, 1.165) is 17.0 Å². The number of pyridine rings is 1. The Morgan fingerprint density at radius 1 is 1.24 bits per heavy atom. The molecule has 2 heterocycles. The van der Waals surface area contributed by atoms with Gasteiger partial charge in [-0.1, -0.05) is 6.07 Å². The second kappa shape index (κ2) is 8.23. The first-order valence-electron chi connectivity index (χ1n) is 8.32. The summed E-state index contributed by atoms with van der Waals surface area (Å²) >= 11 is 1.32. The van der Waals surface area contributed by atoms with E-state index in [0.29, 0.717) is 16.4 Å². The van der Waals surface area contributed by atoms with Crippen LogP contribution in [0.3, 0.4) is 0 Å². The highest BCUT2D eigenvalue weighted by atomic mass is 32.1. The Morgan fingerprint density at radius 2 is 1.97 bits per heavy atom. The molecule has 0 spiro atoms. The van der Waals surface area contributed by atoms with Crippen LogP contribution in [0.2, 0.25) is 0 Å². The maximum Gasteiger partial charge on any atom is 0.407 e. The summed E-state index contributed by atoms with van der Waals surface area (Å²) in [4.78, 5) is 31.8. The lowest BCUT2D eigenvalue weighted by atomic mass is 10.1. The van der Waals surface area contributed by atoms with Crippen molar-refractivity contribution in [2.24, 2.45) is 0 Å². The van der Waals surface area contributed by atoms with Crippen molar-refractivity contribution in [2.45, 2.75) is 13.5 Å². The number of carboxylic acid groups (broad SMARTS) is 1. The van der Waals surface area contributed by atoms with Gasteiger partial charge in [0.2, 0.25) is 0 Å². The Labute approximate surface area is 168 Å². The van der Waals surface area contributed by atoms with Gasteiger partial charge < -0.3 is 20.3 Å². The molecule has 150 valence electrons. The molecule has 0 radical (unpaired) electrons. The molecule has 2 aromatic heterocycles. The quantitative estimate of drug-likeness (QED) is 0.580. The standard InChI is InChI=1S/C19H16FN3O5S/c1-9-17(29-16(22-9)8-21-19(27)28-2)14-5-3-4-13(23-14)10-7-15(24)11(18(25)26)6-12(10)20/h3-7,24H,8H2,1-2H3,(H,21,27)(H,25,26). The maximum atomic E-state index is 14.4. The highest BCUT2D eigenvalue weighted by molar-refractivity contribution is 7.15. The minimum Gasteiger partial charge on any atom is -0.507 e. The number of alkyl carbamates (subject to hydrolysis) is 1. The van der Waals surface area contributed by atoms with Crippen LogP contribution in [-0.2, 0) is 11.3 Å². The van der Waals surface area contributed by atoms with E-state index in [1.54, 1.807) is 25.1 Å². The number of aromatic nitrogens is 2. The van der Waals surface area contributed by atoms with Gasteiger partial charge in [-0.3, -0.25) is 0 Å². The predicted molar refractivity (Wildman–Crippen MR) is 103 cm³/mol. The van der Waals surface area contributed by atoms with Crippen LogP contribution in [0, 0.1) is 12.7 Å². The molecule has 0 aliphatic carbocycles. The lowest BCUT2D eigenvalue weighted by molar-refractivity contribution is 0.0693. The number of nitrogens with zero attached hydrogens (tertiary/aromatic N) is 2. The van der Waals surface area contributed by atoms with Crippen LogP contribution in [-0.4, -0.2) is 39.4 Å². The van der Waals surface area contributed by atoms with Gasteiger partial charge in [0.05, 0.1) is 35.6 Å². The molecular weight excluding hydrogens is 401 g/mol. The second-order valence-corrected chi connectivity index (χ2v) is 7.01. The zero-order chi connectivity index (χ0) is 21.1. The number of carboxylic acids is 1. The third-order valence-electron chi connectivity index (χ3n) is 3.98. The lowest BCUT2D eigenvalue weighted by Gasteiger charge is -2.08. The molecule has 0 fully saturated rings. The van der Waals surface area contributed by atoms with E-state index in [-0.39, 0.29) is 17.8 Å². The third-order valence-corrected chi connectivity index (χ3v) is 5.16. The smallest absolute Gasteiger partial charge is 0.407 e. The maximum absolute atomic E-state index is 14.4. The molecule has 10 heteroatoms. The van der Waals surface area contributed by atoms with E-state index in [2.05, 4.69) is 20.0 Å². The topological polar surface area (TPSA) is 122 Å². The molecule has 3 N–H and O–H groups in total. The number of methoxy groups -OCH3 is 1. The first-order chi connectivity index (χ1) is 13.8. The zero-order valence-electron chi connectivity index (χ0n) is 15.4. The first-order valence-corrected chi connectivity index (χ1v) is 9.13. The first kappa shape index (κ1) is 20.2. The molecule has 0 unspecified atom stereocenters. The summed E-state index contributed by atoms with van der Waals surface area (Å²) in [6.07, 6.45) is -0.570. The van der Waals surface area contributed by atoms with Crippen molar-refractivity contribution in [3.05, 3.63) is 52.4 Å². The molecule has 3 aromatic rings. The van der Waals surface area contributed by atoms with Crippen LogP contribution in [0.15, 0.2) is 30.3 Å². The van der Waals surface area contributed by atoms with Crippen molar-refractivity contribution < 1.29 is 28.9 Å². The molecule has 1 amide bonds. The second-order valence-electron chi connectivity index (χ2n) is 5.93. The zero-order valence-corrected chi connectivity index (χ0v) is 16.2. The number of rotatable bonds is 5. The van der Waals surface area contributed by atoms with Gasteiger partial charge in [0.15, 0.2) is 0 Å². The van der Waals surface area contributed by atoms with Gasteiger partial charge in [-0.2, -0.15) is 0 Å². The van der Waals surface area contributed by atoms with Crippen LogP contribution < -0.4 is 5.32 Å². The molecule has 0 atom stereocenters. The number of hydrogen-bond donors (Lipinski definition) is 3.